The Hall–Kier alpha value is -4.37. The van der Waals surface area contributed by atoms with E-state index in [4.69, 9.17) is 16.7 Å². The zero-order valence-corrected chi connectivity index (χ0v) is 22.7. The Labute approximate surface area is 230 Å². The van der Waals surface area contributed by atoms with Gasteiger partial charge in [0.2, 0.25) is 0 Å². The molecule has 0 bridgehead atoms. The largest absolute Gasteiger partial charge is 0.506 e. The first-order chi connectivity index (χ1) is 18.8. The highest BCUT2D eigenvalue weighted by atomic mass is 35.5. The average Bonchev–Trinajstić information content (AvgIpc) is 3.54. The number of carbonyl (C=O) groups excluding carboxylic acids is 2. The second-order valence-corrected chi connectivity index (χ2v) is 9.73. The molecule has 3 aromatic heterocycles. The summed E-state index contributed by atoms with van der Waals surface area (Å²) in [5, 5.41) is 20.9. The Balaban J connectivity index is 1.27. The topological polar surface area (TPSA) is 114 Å². The number of rotatable bonds is 8. The highest BCUT2D eigenvalue weighted by Crippen LogP contribution is 2.28. The minimum Gasteiger partial charge on any atom is -0.506 e. The third-order valence-electron chi connectivity index (χ3n) is 6.87. The number of imidazole rings is 1. The second kappa shape index (κ2) is 10.8. The van der Waals surface area contributed by atoms with Crippen molar-refractivity contribution in [3.8, 4) is 11.4 Å². The maximum atomic E-state index is 12.9. The van der Waals surface area contributed by atoms with Crippen LogP contribution in [-0.4, -0.2) is 49.7 Å². The van der Waals surface area contributed by atoms with Gasteiger partial charge in [-0.3, -0.25) is 14.2 Å². The smallest absolute Gasteiger partial charge is 0.252 e. The Morgan fingerprint density at radius 1 is 1.08 bits per heavy atom. The molecule has 0 saturated heterocycles. The molecule has 3 heterocycles. The van der Waals surface area contributed by atoms with Gasteiger partial charge in [-0.2, -0.15) is 5.10 Å². The summed E-state index contributed by atoms with van der Waals surface area (Å²) in [5.74, 6) is -0.226. The van der Waals surface area contributed by atoms with Crippen LogP contribution in [0.1, 0.15) is 51.0 Å². The Morgan fingerprint density at radius 3 is 2.64 bits per heavy atom. The summed E-state index contributed by atoms with van der Waals surface area (Å²) in [6.07, 6.45) is 3.77. The van der Waals surface area contributed by atoms with Crippen molar-refractivity contribution in [2.24, 2.45) is 0 Å². The summed E-state index contributed by atoms with van der Waals surface area (Å²) in [6.45, 7) is 4.45. The van der Waals surface area contributed by atoms with Crippen molar-refractivity contribution in [2.45, 2.75) is 33.1 Å². The fourth-order valence-corrected chi connectivity index (χ4v) is 5.09. The number of nitrogens with zero attached hydrogens (tertiary/aromatic N) is 4. The van der Waals surface area contributed by atoms with Gasteiger partial charge in [-0.25, -0.2) is 9.50 Å². The summed E-state index contributed by atoms with van der Waals surface area (Å²) in [5.41, 5.74) is 6.76. The van der Waals surface area contributed by atoms with Crippen molar-refractivity contribution >= 4 is 40.0 Å². The molecular weight excluding hydrogens is 516 g/mol. The average molecular weight is 545 g/mol. The number of nitrogens with one attached hydrogen (secondary N) is 2. The minimum absolute atomic E-state index is 0.185. The lowest BCUT2D eigenvalue weighted by Crippen LogP contribution is -2.25. The molecular formula is C29H29ClN6O3. The zero-order chi connectivity index (χ0) is 27.7. The van der Waals surface area contributed by atoms with Crippen molar-refractivity contribution < 1.29 is 14.7 Å². The number of aryl methyl sites for hydroxylation is 3. The standard InChI is InChI=1S/C29H29ClN6O3/c1-4-20-23(34-36-17(2)7-12-26(37)27(20)36)6-5-13-32-29(39)21-10-9-19(15-22(21)30)35-16-33-24-11-8-18(14-25(24)35)28(38)31-3/h7-12,14-16,37H,4-6,13H2,1-3H3,(H,31,38)(H,32,39). The highest BCUT2D eigenvalue weighted by molar-refractivity contribution is 6.34. The number of hydrogen-bond donors (Lipinski definition) is 3. The van der Waals surface area contributed by atoms with Gasteiger partial charge < -0.3 is 15.7 Å². The van der Waals surface area contributed by atoms with Crippen LogP contribution in [0.4, 0.5) is 0 Å². The van der Waals surface area contributed by atoms with Gasteiger partial charge in [0.25, 0.3) is 11.8 Å². The van der Waals surface area contributed by atoms with E-state index in [0.717, 1.165) is 45.6 Å². The van der Waals surface area contributed by atoms with Crippen molar-refractivity contribution in [2.75, 3.05) is 13.6 Å². The maximum Gasteiger partial charge on any atom is 0.252 e. The van der Waals surface area contributed by atoms with Crippen LogP contribution in [0.3, 0.4) is 0 Å². The van der Waals surface area contributed by atoms with E-state index >= 15 is 0 Å². The van der Waals surface area contributed by atoms with Crippen LogP contribution < -0.4 is 10.6 Å². The number of carbonyl (C=O) groups is 2. The molecule has 0 atom stereocenters. The summed E-state index contributed by atoms with van der Waals surface area (Å²) >= 11 is 6.52. The third-order valence-corrected chi connectivity index (χ3v) is 7.18. The molecule has 0 aliphatic rings. The van der Waals surface area contributed by atoms with Crippen molar-refractivity contribution in [1.82, 2.24) is 29.8 Å². The van der Waals surface area contributed by atoms with Crippen LogP contribution >= 0.6 is 11.6 Å². The number of fused-ring (bicyclic) bond motifs is 2. The van der Waals surface area contributed by atoms with Gasteiger partial charge in [0.05, 0.1) is 27.3 Å². The summed E-state index contributed by atoms with van der Waals surface area (Å²) in [4.78, 5) is 29.4. The molecule has 5 rings (SSSR count). The van der Waals surface area contributed by atoms with Gasteiger partial charge in [-0.1, -0.05) is 18.5 Å². The van der Waals surface area contributed by atoms with Crippen LogP contribution in [-0.2, 0) is 12.8 Å². The van der Waals surface area contributed by atoms with Gasteiger partial charge >= 0.3 is 0 Å². The molecule has 10 heteroatoms. The number of hydrogen-bond acceptors (Lipinski definition) is 5. The Bertz CT molecular complexity index is 1720. The van der Waals surface area contributed by atoms with E-state index in [2.05, 4.69) is 15.6 Å². The fourth-order valence-electron chi connectivity index (χ4n) is 4.83. The van der Waals surface area contributed by atoms with E-state index in [1.807, 2.05) is 24.5 Å². The predicted molar refractivity (Wildman–Crippen MR) is 151 cm³/mol. The van der Waals surface area contributed by atoms with E-state index in [9.17, 15) is 14.7 Å². The molecule has 0 spiro atoms. The number of aromatic nitrogens is 4. The summed E-state index contributed by atoms with van der Waals surface area (Å²) in [6, 6.07) is 14.0. The fraction of sp³-hybridized carbons (Fsp3) is 0.241. The first kappa shape index (κ1) is 26.2. The molecule has 0 aliphatic heterocycles. The lowest BCUT2D eigenvalue weighted by Gasteiger charge is -2.10. The van der Waals surface area contributed by atoms with Crippen molar-refractivity contribution in [1.29, 1.82) is 0 Å². The number of pyridine rings is 1. The maximum absolute atomic E-state index is 12.9. The predicted octanol–water partition coefficient (Wildman–Crippen LogP) is 4.63. The van der Waals surface area contributed by atoms with Crippen molar-refractivity contribution in [3.05, 3.63) is 88.0 Å². The number of amides is 2. The number of aromatic hydroxyl groups is 1. The molecule has 0 saturated carbocycles. The monoisotopic (exact) mass is 544 g/mol. The summed E-state index contributed by atoms with van der Waals surface area (Å²) in [7, 11) is 1.59. The van der Waals surface area contributed by atoms with E-state index in [-0.39, 0.29) is 17.6 Å². The van der Waals surface area contributed by atoms with Crippen LogP contribution in [0.15, 0.2) is 54.9 Å². The van der Waals surface area contributed by atoms with E-state index < -0.39 is 0 Å². The lowest BCUT2D eigenvalue weighted by molar-refractivity contribution is 0.0948. The molecule has 0 radical (unpaired) electrons. The van der Waals surface area contributed by atoms with E-state index in [0.29, 0.717) is 35.5 Å². The number of benzene rings is 2. The first-order valence-corrected chi connectivity index (χ1v) is 13.2. The molecule has 0 aliphatic carbocycles. The van der Waals surface area contributed by atoms with E-state index in [1.165, 1.54) is 0 Å². The van der Waals surface area contributed by atoms with Crippen LogP contribution in [0.2, 0.25) is 5.02 Å². The zero-order valence-electron chi connectivity index (χ0n) is 22.0. The molecule has 200 valence electrons. The van der Waals surface area contributed by atoms with Gasteiger partial charge in [-0.05, 0) is 74.7 Å². The molecule has 3 N–H and O–H groups in total. The normalized spacial score (nSPS) is 11.3. The molecule has 0 unspecified atom stereocenters. The summed E-state index contributed by atoms with van der Waals surface area (Å²) < 4.78 is 3.61. The van der Waals surface area contributed by atoms with Gasteiger partial charge in [0, 0.05) is 36.1 Å². The van der Waals surface area contributed by atoms with Crippen LogP contribution in [0.5, 0.6) is 5.75 Å². The third kappa shape index (κ3) is 4.93. The number of halogens is 1. The Kier molecular flexibility index (Phi) is 7.26. The van der Waals surface area contributed by atoms with E-state index in [1.54, 1.807) is 60.4 Å². The van der Waals surface area contributed by atoms with Crippen LogP contribution in [0, 0.1) is 6.92 Å². The lowest BCUT2D eigenvalue weighted by atomic mass is 10.1. The molecule has 2 amide bonds. The highest BCUT2D eigenvalue weighted by Gasteiger charge is 2.17. The SMILES string of the molecule is CCc1c(CCCNC(=O)c2ccc(-n3cnc4ccc(C(=O)NC)cc43)cc2Cl)nn2c(C)ccc(O)c12. The quantitative estimate of drug-likeness (QED) is 0.247. The second-order valence-electron chi connectivity index (χ2n) is 9.32. The first-order valence-electron chi connectivity index (χ1n) is 12.8. The molecule has 0 fully saturated rings. The van der Waals surface area contributed by atoms with Crippen molar-refractivity contribution in [3.63, 3.8) is 0 Å². The van der Waals surface area contributed by atoms with Gasteiger partial charge in [0.1, 0.15) is 17.6 Å². The van der Waals surface area contributed by atoms with Crippen LogP contribution in [0.25, 0.3) is 22.2 Å². The molecule has 5 aromatic rings. The minimum atomic E-state index is -0.261. The molecule has 2 aromatic carbocycles. The van der Waals surface area contributed by atoms with Gasteiger partial charge in [0.15, 0.2) is 0 Å². The molecule has 9 nitrogen and oxygen atoms in total. The Morgan fingerprint density at radius 2 is 1.90 bits per heavy atom. The molecule has 39 heavy (non-hydrogen) atoms. The van der Waals surface area contributed by atoms with Gasteiger partial charge in [-0.15, -0.1) is 0 Å².